The predicted molar refractivity (Wildman–Crippen MR) is 55.5 cm³/mol. The standard InChI is InChI=1S/C11H23NO/c1-8(6-7-13-3)10-4-5-11(12)9(10)2/h8-11H,4-7,12H2,1-3H3. The number of methoxy groups -OCH3 is 1. The highest BCUT2D eigenvalue weighted by molar-refractivity contribution is 4.86. The van der Waals surface area contributed by atoms with Crippen LogP contribution in [0.5, 0.6) is 0 Å². The van der Waals surface area contributed by atoms with Gasteiger partial charge in [0.2, 0.25) is 0 Å². The summed E-state index contributed by atoms with van der Waals surface area (Å²) in [5, 5.41) is 0. The maximum atomic E-state index is 6.00. The molecule has 2 nitrogen and oxygen atoms in total. The van der Waals surface area contributed by atoms with Crippen LogP contribution in [0.2, 0.25) is 0 Å². The van der Waals surface area contributed by atoms with Crippen LogP contribution in [0.15, 0.2) is 0 Å². The Morgan fingerprint density at radius 1 is 1.46 bits per heavy atom. The molecule has 0 aromatic rings. The highest BCUT2D eigenvalue weighted by atomic mass is 16.5. The summed E-state index contributed by atoms with van der Waals surface area (Å²) in [5.41, 5.74) is 6.00. The molecule has 0 spiro atoms. The molecule has 0 aromatic heterocycles. The Kier molecular flexibility index (Phi) is 4.20. The van der Waals surface area contributed by atoms with Crippen LogP contribution >= 0.6 is 0 Å². The highest BCUT2D eigenvalue weighted by Crippen LogP contribution is 2.37. The third-order valence-electron chi connectivity index (χ3n) is 3.69. The Bertz CT molecular complexity index is 149. The molecule has 1 aliphatic carbocycles. The van der Waals surface area contributed by atoms with Crippen molar-refractivity contribution in [2.45, 2.75) is 39.2 Å². The Hall–Kier alpha value is -0.0800. The molecule has 13 heavy (non-hydrogen) atoms. The van der Waals surface area contributed by atoms with Gasteiger partial charge in [0.25, 0.3) is 0 Å². The summed E-state index contributed by atoms with van der Waals surface area (Å²) in [4.78, 5) is 0. The first kappa shape index (κ1) is 11.0. The van der Waals surface area contributed by atoms with Gasteiger partial charge < -0.3 is 10.5 Å². The van der Waals surface area contributed by atoms with Crippen molar-refractivity contribution in [1.82, 2.24) is 0 Å². The van der Waals surface area contributed by atoms with Crippen molar-refractivity contribution in [3.05, 3.63) is 0 Å². The quantitative estimate of drug-likeness (QED) is 0.727. The fourth-order valence-electron chi connectivity index (χ4n) is 2.55. The molecule has 1 saturated carbocycles. The number of hydrogen-bond acceptors (Lipinski definition) is 2. The first-order valence-corrected chi connectivity index (χ1v) is 5.41. The summed E-state index contributed by atoms with van der Waals surface area (Å²) < 4.78 is 5.10. The van der Waals surface area contributed by atoms with E-state index in [1.807, 2.05) is 0 Å². The molecule has 0 bridgehead atoms. The first-order chi connectivity index (χ1) is 6.16. The zero-order valence-electron chi connectivity index (χ0n) is 9.12. The minimum Gasteiger partial charge on any atom is -0.385 e. The summed E-state index contributed by atoms with van der Waals surface area (Å²) >= 11 is 0. The van der Waals surface area contributed by atoms with Crippen LogP contribution in [0.25, 0.3) is 0 Å². The van der Waals surface area contributed by atoms with Crippen LogP contribution in [-0.2, 0) is 4.74 Å². The maximum absolute atomic E-state index is 6.00. The van der Waals surface area contributed by atoms with Crippen LogP contribution < -0.4 is 5.73 Å². The average molecular weight is 185 g/mol. The van der Waals surface area contributed by atoms with Crippen molar-refractivity contribution in [3.63, 3.8) is 0 Å². The van der Waals surface area contributed by atoms with Crippen LogP contribution in [0.1, 0.15) is 33.1 Å². The van der Waals surface area contributed by atoms with Crippen molar-refractivity contribution in [2.75, 3.05) is 13.7 Å². The van der Waals surface area contributed by atoms with Gasteiger partial charge in [0.05, 0.1) is 0 Å². The highest BCUT2D eigenvalue weighted by Gasteiger charge is 2.33. The lowest BCUT2D eigenvalue weighted by molar-refractivity contribution is 0.155. The van der Waals surface area contributed by atoms with Gasteiger partial charge >= 0.3 is 0 Å². The third-order valence-corrected chi connectivity index (χ3v) is 3.69. The minimum atomic E-state index is 0.440. The maximum Gasteiger partial charge on any atom is 0.0464 e. The largest absolute Gasteiger partial charge is 0.385 e. The van der Waals surface area contributed by atoms with E-state index in [4.69, 9.17) is 10.5 Å². The van der Waals surface area contributed by atoms with Crippen LogP contribution in [-0.4, -0.2) is 19.8 Å². The monoisotopic (exact) mass is 185 g/mol. The zero-order chi connectivity index (χ0) is 9.84. The van der Waals surface area contributed by atoms with Crippen molar-refractivity contribution in [3.8, 4) is 0 Å². The zero-order valence-corrected chi connectivity index (χ0v) is 9.12. The first-order valence-electron chi connectivity index (χ1n) is 5.41. The lowest BCUT2D eigenvalue weighted by atomic mass is 9.83. The van der Waals surface area contributed by atoms with Crippen LogP contribution in [0.4, 0.5) is 0 Å². The summed E-state index contributed by atoms with van der Waals surface area (Å²) in [6, 6.07) is 0.440. The number of rotatable bonds is 4. The van der Waals surface area contributed by atoms with Crippen molar-refractivity contribution in [2.24, 2.45) is 23.5 Å². The molecule has 78 valence electrons. The number of hydrogen-bond donors (Lipinski definition) is 1. The van der Waals surface area contributed by atoms with Crippen molar-refractivity contribution in [1.29, 1.82) is 0 Å². The molecular formula is C11H23NO. The second-order valence-electron chi connectivity index (χ2n) is 4.52. The molecule has 1 aliphatic rings. The van der Waals surface area contributed by atoms with E-state index in [1.54, 1.807) is 7.11 Å². The fourth-order valence-corrected chi connectivity index (χ4v) is 2.55. The van der Waals surface area contributed by atoms with E-state index < -0.39 is 0 Å². The molecule has 0 amide bonds. The number of nitrogens with two attached hydrogens (primary N) is 1. The lowest BCUT2D eigenvalue weighted by Crippen LogP contribution is -2.27. The molecule has 1 rings (SSSR count). The van der Waals surface area contributed by atoms with Gasteiger partial charge in [-0.15, -0.1) is 0 Å². The summed E-state index contributed by atoms with van der Waals surface area (Å²) in [5.74, 6) is 2.29. The summed E-state index contributed by atoms with van der Waals surface area (Å²) in [7, 11) is 1.77. The second-order valence-corrected chi connectivity index (χ2v) is 4.52. The molecule has 0 saturated heterocycles. The van der Waals surface area contributed by atoms with Crippen LogP contribution in [0, 0.1) is 17.8 Å². The van der Waals surface area contributed by atoms with Crippen molar-refractivity contribution < 1.29 is 4.74 Å². The molecule has 4 unspecified atom stereocenters. The lowest BCUT2D eigenvalue weighted by Gasteiger charge is -2.24. The molecule has 2 heteroatoms. The van der Waals surface area contributed by atoms with E-state index in [2.05, 4.69) is 13.8 Å². The smallest absolute Gasteiger partial charge is 0.0464 e. The molecule has 0 heterocycles. The third kappa shape index (κ3) is 2.68. The molecule has 2 N–H and O–H groups in total. The van der Waals surface area contributed by atoms with Gasteiger partial charge in [-0.1, -0.05) is 13.8 Å². The molecule has 0 aliphatic heterocycles. The van der Waals surface area contributed by atoms with E-state index in [0.717, 1.165) is 18.4 Å². The average Bonchev–Trinajstić information content (AvgIpc) is 2.44. The molecule has 4 atom stereocenters. The van der Waals surface area contributed by atoms with Gasteiger partial charge in [-0.3, -0.25) is 0 Å². The van der Waals surface area contributed by atoms with Gasteiger partial charge in [0, 0.05) is 19.8 Å². The molecule has 0 radical (unpaired) electrons. The molecule has 0 aromatic carbocycles. The topological polar surface area (TPSA) is 35.2 Å². The Balaban J connectivity index is 2.34. The van der Waals surface area contributed by atoms with Gasteiger partial charge in [-0.2, -0.15) is 0 Å². The van der Waals surface area contributed by atoms with Gasteiger partial charge in [0.1, 0.15) is 0 Å². The van der Waals surface area contributed by atoms with Gasteiger partial charge in [-0.05, 0) is 37.0 Å². The second kappa shape index (κ2) is 4.97. The van der Waals surface area contributed by atoms with E-state index >= 15 is 0 Å². The molecule has 1 fully saturated rings. The SMILES string of the molecule is COCCC(C)C1CCC(N)C1C. The van der Waals surface area contributed by atoms with E-state index in [1.165, 1.54) is 19.3 Å². The number of ether oxygens (including phenoxy) is 1. The molecular weight excluding hydrogens is 162 g/mol. The predicted octanol–water partition coefficient (Wildman–Crippen LogP) is 2.03. The van der Waals surface area contributed by atoms with Gasteiger partial charge in [-0.25, -0.2) is 0 Å². The Labute approximate surface area is 81.8 Å². The van der Waals surface area contributed by atoms with E-state index in [0.29, 0.717) is 12.0 Å². The normalized spacial score (nSPS) is 36.5. The van der Waals surface area contributed by atoms with E-state index in [9.17, 15) is 0 Å². The Morgan fingerprint density at radius 3 is 2.62 bits per heavy atom. The summed E-state index contributed by atoms with van der Waals surface area (Å²) in [6.45, 7) is 5.52. The summed E-state index contributed by atoms with van der Waals surface area (Å²) in [6.07, 6.45) is 3.70. The Morgan fingerprint density at radius 2 is 2.15 bits per heavy atom. The van der Waals surface area contributed by atoms with Gasteiger partial charge in [0.15, 0.2) is 0 Å². The van der Waals surface area contributed by atoms with E-state index in [-0.39, 0.29) is 0 Å². The van der Waals surface area contributed by atoms with Crippen LogP contribution in [0.3, 0.4) is 0 Å². The minimum absolute atomic E-state index is 0.440. The van der Waals surface area contributed by atoms with Crippen molar-refractivity contribution >= 4 is 0 Å². The fraction of sp³-hybridized carbons (Fsp3) is 1.00.